The molecule has 3 aliphatic rings. The number of anilines is 1. The van der Waals surface area contributed by atoms with Gasteiger partial charge in [-0.3, -0.25) is 14.5 Å². The van der Waals surface area contributed by atoms with E-state index in [0.717, 1.165) is 139 Å². The molecule has 12 heteroatoms. The maximum atomic E-state index is 12.4. The van der Waals surface area contributed by atoms with Gasteiger partial charge >= 0.3 is 5.97 Å². The monoisotopic (exact) mass is 761 g/mol. The predicted octanol–water partition coefficient (Wildman–Crippen LogP) is 6.55. The van der Waals surface area contributed by atoms with Gasteiger partial charge in [-0.15, -0.1) is 0 Å². The maximum Gasteiger partial charge on any atom is 0.307 e. The molecule has 3 aliphatic heterocycles. The van der Waals surface area contributed by atoms with E-state index in [0.29, 0.717) is 12.5 Å². The fourth-order valence-corrected chi connectivity index (χ4v) is 8.21. The number of aromatic nitrogens is 5. The van der Waals surface area contributed by atoms with Crippen molar-refractivity contribution >= 4 is 22.8 Å². The highest BCUT2D eigenvalue weighted by Crippen LogP contribution is 2.42. The summed E-state index contributed by atoms with van der Waals surface area (Å²) in [6.45, 7) is 12.7. The first-order valence-electron chi connectivity index (χ1n) is 19.8. The Bertz CT molecular complexity index is 2200. The maximum absolute atomic E-state index is 12.4. The third-order valence-corrected chi connectivity index (χ3v) is 10.8. The molecule has 1 saturated heterocycles. The number of aliphatic hydroxyl groups is 1. The second-order valence-corrected chi connectivity index (χ2v) is 16.5. The Hall–Kier alpha value is -4.91. The number of ether oxygens (including phenoxy) is 2. The van der Waals surface area contributed by atoms with E-state index < -0.39 is 11.6 Å². The predicted molar refractivity (Wildman–Crippen MR) is 218 cm³/mol. The first-order valence-corrected chi connectivity index (χ1v) is 19.8. The smallest absolute Gasteiger partial charge is 0.307 e. The molecule has 1 fully saturated rings. The van der Waals surface area contributed by atoms with Crippen molar-refractivity contribution in [3.05, 3.63) is 82.6 Å². The summed E-state index contributed by atoms with van der Waals surface area (Å²) < 4.78 is 13.4. The molecule has 12 nitrogen and oxygen atoms in total. The van der Waals surface area contributed by atoms with E-state index in [9.17, 15) is 9.90 Å². The van der Waals surface area contributed by atoms with Gasteiger partial charge in [-0.2, -0.15) is 5.10 Å². The molecule has 0 saturated carbocycles. The van der Waals surface area contributed by atoms with E-state index in [1.54, 1.807) is 31.8 Å². The molecule has 56 heavy (non-hydrogen) atoms. The molecule has 0 aliphatic carbocycles. The van der Waals surface area contributed by atoms with Gasteiger partial charge in [0.25, 0.3) is 0 Å². The van der Waals surface area contributed by atoms with Gasteiger partial charge in [0.1, 0.15) is 17.9 Å². The van der Waals surface area contributed by atoms with Gasteiger partial charge in [-0.05, 0) is 124 Å². The molecule has 296 valence electrons. The lowest BCUT2D eigenvalue weighted by atomic mass is 9.85. The standard InChI is InChI=1S/C40H45N7O4.C4H10O/c1-25-32(19-36(48)49)37(29-8-9-35-28(18-29)5-4-14-51-35)38(34(44-25)23-45(2)21-26-11-15-50-16-12-26)30-6-7-31-22-47(13-10-27(31)17-30)40-33-20-43-46(3)39(33)41-24-42-40;1-4(2,3)5/h6-9,17-18,20,24,26H,4-5,10-16,19,21-23H2,1-3H3,(H,48,49);5H,1-3H3. The number of fused-ring (bicyclic) bond motifs is 3. The van der Waals surface area contributed by atoms with Crippen LogP contribution < -0.4 is 9.64 Å². The van der Waals surface area contributed by atoms with Gasteiger partial charge < -0.3 is 29.5 Å². The summed E-state index contributed by atoms with van der Waals surface area (Å²) in [6, 6.07) is 13.1. The van der Waals surface area contributed by atoms with Crippen LogP contribution in [0.2, 0.25) is 0 Å². The van der Waals surface area contributed by atoms with Crippen molar-refractivity contribution in [2.75, 3.05) is 44.9 Å². The number of pyridine rings is 1. The Labute approximate surface area is 329 Å². The van der Waals surface area contributed by atoms with Crippen LogP contribution in [0.15, 0.2) is 48.9 Å². The summed E-state index contributed by atoms with van der Waals surface area (Å²) in [5.41, 5.74) is 10.6. The van der Waals surface area contributed by atoms with Crippen LogP contribution in [0.25, 0.3) is 33.3 Å². The number of carbonyl (C=O) groups is 1. The van der Waals surface area contributed by atoms with Gasteiger partial charge in [0, 0.05) is 57.7 Å². The van der Waals surface area contributed by atoms with Crippen LogP contribution in [0.3, 0.4) is 0 Å². The molecule has 0 spiro atoms. The van der Waals surface area contributed by atoms with Gasteiger partial charge in [0.15, 0.2) is 5.65 Å². The average Bonchev–Trinajstić information content (AvgIpc) is 3.55. The number of hydrogen-bond donors (Lipinski definition) is 2. The minimum absolute atomic E-state index is 0.103. The average molecular weight is 762 g/mol. The van der Waals surface area contributed by atoms with Gasteiger partial charge in [-0.1, -0.05) is 24.3 Å². The lowest BCUT2D eigenvalue weighted by molar-refractivity contribution is -0.136. The number of carboxylic acid groups (broad SMARTS) is 1. The number of aliphatic carboxylic acids is 1. The van der Waals surface area contributed by atoms with Gasteiger partial charge in [0.05, 0.1) is 35.9 Å². The van der Waals surface area contributed by atoms with E-state index >= 15 is 0 Å². The van der Waals surface area contributed by atoms with Crippen molar-refractivity contribution in [3.8, 4) is 28.0 Å². The Balaban J connectivity index is 0.000000905. The molecular formula is C44H55N7O5. The van der Waals surface area contributed by atoms with E-state index in [-0.39, 0.29) is 6.42 Å². The topological polar surface area (TPSA) is 139 Å². The van der Waals surface area contributed by atoms with Crippen LogP contribution in [0.5, 0.6) is 5.75 Å². The normalized spacial score (nSPS) is 15.9. The van der Waals surface area contributed by atoms with Crippen LogP contribution in [0, 0.1) is 12.8 Å². The van der Waals surface area contributed by atoms with E-state index in [1.807, 2.05) is 20.2 Å². The van der Waals surface area contributed by atoms with Gasteiger partial charge in [-0.25, -0.2) is 9.97 Å². The van der Waals surface area contributed by atoms with Crippen LogP contribution in [0.1, 0.15) is 73.7 Å². The van der Waals surface area contributed by atoms with Crippen molar-refractivity contribution < 1.29 is 24.5 Å². The molecule has 2 N–H and O–H groups in total. The molecule has 0 radical (unpaired) electrons. The zero-order chi connectivity index (χ0) is 39.6. The number of hydrogen-bond acceptors (Lipinski definition) is 10. The summed E-state index contributed by atoms with van der Waals surface area (Å²) >= 11 is 0. The highest BCUT2D eigenvalue weighted by atomic mass is 16.5. The minimum atomic E-state index is -0.865. The number of aryl methyl sites for hydroxylation is 3. The number of benzene rings is 2. The second-order valence-electron chi connectivity index (χ2n) is 16.5. The largest absolute Gasteiger partial charge is 0.493 e. The third kappa shape index (κ3) is 9.04. The van der Waals surface area contributed by atoms with Crippen LogP contribution in [0.4, 0.5) is 5.82 Å². The van der Waals surface area contributed by atoms with E-state index in [1.165, 1.54) is 11.1 Å². The zero-order valence-corrected chi connectivity index (χ0v) is 33.6. The lowest BCUT2D eigenvalue weighted by Crippen LogP contribution is -2.31. The molecule has 0 atom stereocenters. The summed E-state index contributed by atoms with van der Waals surface area (Å²) in [7, 11) is 4.07. The molecule has 0 bridgehead atoms. The van der Waals surface area contributed by atoms with Crippen LogP contribution in [-0.2, 0) is 48.9 Å². The molecule has 6 heterocycles. The second kappa shape index (κ2) is 16.7. The lowest BCUT2D eigenvalue weighted by Gasteiger charge is -2.31. The van der Waals surface area contributed by atoms with Crippen LogP contribution in [-0.4, -0.2) is 91.4 Å². The number of nitrogens with zero attached hydrogens (tertiary/aromatic N) is 7. The first-order chi connectivity index (χ1) is 26.8. The minimum Gasteiger partial charge on any atom is -0.493 e. The molecule has 0 unspecified atom stereocenters. The summed E-state index contributed by atoms with van der Waals surface area (Å²) in [6.07, 6.45) is 8.23. The van der Waals surface area contributed by atoms with Crippen molar-refractivity contribution in [1.29, 1.82) is 0 Å². The molecule has 8 rings (SSSR count). The first kappa shape index (κ1) is 39.3. The summed E-state index contributed by atoms with van der Waals surface area (Å²) in [5, 5.41) is 24.1. The Morgan fingerprint density at radius 2 is 1.71 bits per heavy atom. The van der Waals surface area contributed by atoms with Crippen molar-refractivity contribution in [2.45, 2.75) is 84.9 Å². The molecular weight excluding hydrogens is 707 g/mol. The quantitative estimate of drug-likeness (QED) is 0.169. The SMILES string of the molecule is CC(C)(C)O.Cc1nc(CN(C)CC2CCOCC2)c(-c2ccc3c(c2)CCN(c2ncnc4c2cnn4C)C3)c(-c2ccc3c(c2)CCCO3)c1CC(=O)O. The molecule has 5 aromatic rings. The van der Waals surface area contributed by atoms with E-state index in [2.05, 4.69) is 68.3 Å². The summed E-state index contributed by atoms with van der Waals surface area (Å²) in [5.74, 6) is 1.53. The summed E-state index contributed by atoms with van der Waals surface area (Å²) in [4.78, 5) is 31.4. The Morgan fingerprint density at radius 3 is 2.48 bits per heavy atom. The highest BCUT2D eigenvalue weighted by molar-refractivity contribution is 5.91. The number of carboxylic acids is 1. The highest BCUT2D eigenvalue weighted by Gasteiger charge is 2.27. The number of rotatable bonds is 9. The zero-order valence-electron chi connectivity index (χ0n) is 33.6. The van der Waals surface area contributed by atoms with Crippen molar-refractivity contribution in [2.24, 2.45) is 13.0 Å². The van der Waals surface area contributed by atoms with Crippen molar-refractivity contribution in [3.63, 3.8) is 0 Å². The van der Waals surface area contributed by atoms with Crippen LogP contribution >= 0.6 is 0 Å². The Kier molecular flexibility index (Phi) is 11.7. The van der Waals surface area contributed by atoms with Gasteiger partial charge in [0.2, 0.25) is 0 Å². The van der Waals surface area contributed by atoms with Crippen molar-refractivity contribution in [1.82, 2.24) is 29.6 Å². The fraction of sp³-hybridized carbons (Fsp3) is 0.477. The molecule has 2 aromatic carbocycles. The molecule has 0 amide bonds. The fourth-order valence-electron chi connectivity index (χ4n) is 8.21. The molecule has 3 aromatic heterocycles. The van der Waals surface area contributed by atoms with E-state index in [4.69, 9.17) is 19.6 Å². The Morgan fingerprint density at radius 1 is 0.982 bits per heavy atom. The third-order valence-electron chi connectivity index (χ3n) is 10.8.